The van der Waals surface area contributed by atoms with Gasteiger partial charge in [0.2, 0.25) is 11.8 Å². The second kappa shape index (κ2) is 8.51. The van der Waals surface area contributed by atoms with Gasteiger partial charge in [-0.2, -0.15) is 0 Å². The predicted molar refractivity (Wildman–Crippen MR) is 60.7 cm³/mol. The molecule has 0 atom stereocenters. The number of nitrogens with two attached hydrogens (primary N) is 2. The summed E-state index contributed by atoms with van der Waals surface area (Å²) in [5, 5.41) is 2.66. The quantitative estimate of drug-likeness (QED) is 0.263. The van der Waals surface area contributed by atoms with Crippen LogP contribution in [0.15, 0.2) is 0 Å². The Morgan fingerprint density at radius 1 is 1.12 bits per heavy atom. The number of ether oxygens (including phenoxy) is 1. The van der Waals surface area contributed by atoms with Crippen molar-refractivity contribution in [1.82, 2.24) is 5.32 Å². The van der Waals surface area contributed by atoms with E-state index < -0.39 is 17.9 Å². The summed E-state index contributed by atoms with van der Waals surface area (Å²) in [6.45, 7) is 0.442. The molecule has 0 bridgehead atoms. The molecule has 0 aliphatic rings. The lowest BCUT2D eigenvalue weighted by Gasteiger charge is -2.11. The average molecular weight is 245 g/mol. The van der Waals surface area contributed by atoms with Gasteiger partial charge in [0, 0.05) is 6.42 Å². The smallest absolute Gasteiger partial charge is 0.305 e. The molecule has 7 nitrogen and oxygen atoms in total. The number of primary amides is 2. The van der Waals surface area contributed by atoms with Gasteiger partial charge in [0.05, 0.1) is 7.11 Å². The highest BCUT2D eigenvalue weighted by molar-refractivity contribution is 6.02. The molecule has 0 aromatic heterocycles. The van der Waals surface area contributed by atoms with E-state index in [0.29, 0.717) is 25.8 Å². The highest BCUT2D eigenvalue weighted by Gasteiger charge is 2.19. The molecular weight excluding hydrogens is 226 g/mol. The minimum Gasteiger partial charge on any atom is -0.469 e. The molecule has 0 aromatic carbocycles. The number of hydrogen-bond donors (Lipinski definition) is 3. The molecule has 7 heteroatoms. The van der Waals surface area contributed by atoms with Crippen molar-refractivity contribution in [2.45, 2.75) is 31.7 Å². The summed E-state index contributed by atoms with van der Waals surface area (Å²) in [5.74, 6) is -1.82. The third kappa shape index (κ3) is 7.29. The Morgan fingerprint density at radius 2 is 1.71 bits per heavy atom. The lowest BCUT2D eigenvalue weighted by atomic mass is 10.2. The lowest BCUT2D eigenvalue weighted by molar-refractivity contribution is -0.140. The fraction of sp³-hybridized carbons (Fsp3) is 0.700. The van der Waals surface area contributed by atoms with Gasteiger partial charge in [-0.15, -0.1) is 0 Å². The number of rotatable bonds is 9. The fourth-order valence-corrected chi connectivity index (χ4v) is 1.26. The Morgan fingerprint density at radius 3 is 2.18 bits per heavy atom. The second-order valence-electron chi connectivity index (χ2n) is 3.58. The van der Waals surface area contributed by atoms with Crippen LogP contribution in [0.5, 0.6) is 0 Å². The highest BCUT2D eigenvalue weighted by Crippen LogP contribution is 2.00. The molecule has 0 radical (unpaired) electrons. The standard InChI is InChI=1S/C10H19N3O4/c1-17-7(14)5-3-2-4-6-13-8(9(11)15)10(12)16/h8,13H,2-6H2,1H3,(H2,11,15)(H2,12,16). The first-order valence-electron chi connectivity index (χ1n) is 5.38. The number of hydrogen-bond acceptors (Lipinski definition) is 5. The number of unbranched alkanes of at least 4 members (excludes halogenated alkanes) is 2. The topological polar surface area (TPSA) is 125 Å². The van der Waals surface area contributed by atoms with Crippen LogP contribution in [0.1, 0.15) is 25.7 Å². The minimum atomic E-state index is -1.13. The van der Waals surface area contributed by atoms with Gasteiger partial charge in [-0.3, -0.25) is 19.7 Å². The minimum absolute atomic E-state index is 0.245. The van der Waals surface area contributed by atoms with E-state index in [0.717, 1.165) is 6.42 Å². The predicted octanol–water partition coefficient (Wildman–Crippen LogP) is -1.35. The number of esters is 1. The summed E-state index contributed by atoms with van der Waals surface area (Å²) in [6, 6.07) is -1.13. The third-order valence-electron chi connectivity index (χ3n) is 2.20. The first-order valence-corrected chi connectivity index (χ1v) is 5.38. The molecule has 5 N–H and O–H groups in total. The Labute approximate surface area is 99.9 Å². The van der Waals surface area contributed by atoms with Crippen molar-refractivity contribution in [3.05, 3.63) is 0 Å². The van der Waals surface area contributed by atoms with Crippen LogP contribution in [-0.2, 0) is 19.1 Å². The van der Waals surface area contributed by atoms with E-state index >= 15 is 0 Å². The van der Waals surface area contributed by atoms with Crippen LogP contribution in [0.3, 0.4) is 0 Å². The highest BCUT2D eigenvalue weighted by atomic mass is 16.5. The summed E-state index contributed by atoms with van der Waals surface area (Å²) in [6.07, 6.45) is 2.57. The van der Waals surface area contributed by atoms with Crippen molar-refractivity contribution in [3.8, 4) is 0 Å². The van der Waals surface area contributed by atoms with Gasteiger partial charge >= 0.3 is 5.97 Å². The van der Waals surface area contributed by atoms with Crippen molar-refractivity contribution in [2.75, 3.05) is 13.7 Å². The SMILES string of the molecule is COC(=O)CCCCCNC(C(N)=O)C(N)=O. The zero-order valence-electron chi connectivity index (χ0n) is 9.90. The first-order chi connectivity index (χ1) is 7.99. The molecule has 0 fully saturated rings. The van der Waals surface area contributed by atoms with E-state index in [1.165, 1.54) is 7.11 Å². The number of carbonyl (C=O) groups is 3. The Bertz CT molecular complexity index is 267. The summed E-state index contributed by atoms with van der Waals surface area (Å²) >= 11 is 0. The number of methoxy groups -OCH3 is 1. The Kier molecular flexibility index (Phi) is 7.70. The Hall–Kier alpha value is -1.63. The lowest BCUT2D eigenvalue weighted by Crippen LogP contribution is -2.50. The van der Waals surface area contributed by atoms with Crippen LogP contribution in [0, 0.1) is 0 Å². The number of amides is 2. The van der Waals surface area contributed by atoms with Gasteiger partial charge in [-0.1, -0.05) is 6.42 Å². The molecule has 98 valence electrons. The molecular formula is C10H19N3O4. The average Bonchev–Trinajstić information content (AvgIpc) is 2.26. The Balaban J connectivity index is 3.59. The van der Waals surface area contributed by atoms with Gasteiger partial charge in [-0.25, -0.2) is 0 Å². The van der Waals surface area contributed by atoms with Crippen molar-refractivity contribution in [1.29, 1.82) is 0 Å². The van der Waals surface area contributed by atoms with Crippen LogP contribution in [-0.4, -0.2) is 37.5 Å². The van der Waals surface area contributed by atoms with Gasteiger partial charge < -0.3 is 16.2 Å². The van der Waals surface area contributed by atoms with Crippen LogP contribution >= 0.6 is 0 Å². The molecule has 0 saturated heterocycles. The molecule has 0 aromatic rings. The first kappa shape index (κ1) is 15.4. The van der Waals surface area contributed by atoms with Crippen molar-refractivity contribution in [3.63, 3.8) is 0 Å². The maximum atomic E-state index is 10.8. The largest absolute Gasteiger partial charge is 0.469 e. The summed E-state index contributed by atoms with van der Waals surface area (Å²) < 4.78 is 4.48. The van der Waals surface area contributed by atoms with Crippen molar-refractivity contribution in [2.24, 2.45) is 11.5 Å². The molecule has 17 heavy (non-hydrogen) atoms. The van der Waals surface area contributed by atoms with E-state index in [9.17, 15) is 14.4 Å². The monoisotopic (exact) mass is 245 g/mol. The van der Waals surface area contributed by atoms with Crippen LogP contribution in [0.2, 0.25) is 0 Å². The van der Waals surface area contributed by atoms with E-state index in [1.54, 1.807) is 0 Å². The van der Waals surface area contributed by atoms with Gasteiger partial charge in [-0.05, 0) is 19.4 Å². The number of nitrogens with one attached hydrogen (secondary N) is 1. The van der Waals surface area contributed by atoms with Crippen molar-refractivity contribution < 1.29 is 19.1 Å². The maximum Gasteiger partial charge on any atom is 0.305 e. The molecule has 0 saturated carbocycles. The molecule has 0 aliphatic carbocycles. The van der Waals surface area contributed by atoms with Gasteiger partial charge in [0.1, 0.15) is 0 Å². The molecule has 0 spiro atoms. The van der Waals surface area contributed by atoms with Crippen LogP contribution in [0.4, 0.5) is 0 Å². The molecule has 0 rings (SSSR count). The van der Waals surface area contributed by atoms with Crippen LogP contribution < -0.4 is 16.8 Å². The van der Waals surface area contributed by atoms with E-state index in [2.05, 4.69) is 10.1 Å². The number of carbonyl (C=O) groups excluding carboxylic acids is 3. The molecule has 0 heterocycles. The zero-order valence-corrected chi connectivity index (χ0v) is 9.90. The summed E-state index contributed by atoms with van der Waals surface area (Å²) in [5.41, 5.74) is 9.95. The second-order valence-corrected chi connectivity index (χ2v) is 3.58. The maximum absolute atomic E-state index is 10.8. The third-order valence-corrected chi connectivity index (χ3v) is 2.20. The fourth-order valence-electron chi connectivity index (χ4n) is 1.26. The summed E-state index contributed by atoms with van der Waals surface area (Å²) in [4.78, 5) is 32.3. The van der Waals surface area contributed by atoms with Gasteiger partial charge in [0.25, 0.3) is 0 Å². The zero-order chi connectivity index (χ0) is 13.3. The van der Waals surface area contributed by atoms with E-state index in [-0.39, 0.29) is 5.97 Å². The van der Waals surface area contributed by atoms with E-state index in [1.807, 2.05) is 0 Å². The summed E-state index contributed by atoms with van der Waals surface area (Å²) in [7, 11) is 1.34. The van der Waals surface area contributed by atoms with Crippen LogP contribution in [0.25, 0.3) is 0 Å². The molecule has 0 aliphatic heterocycles. The van der Waals surface area contributed by atoms with E-state index in [4.69, 9.17) is 11.5 Å². The molecule has 0 unspecified atom stereocenters. The molecule has 2 amide bonds. The van der Waals surface area contributed by atoms with Gasteiger partial charge in [0.15, 0.2) is 6.04 Å². The van der Waals surface area contributed by atoms with Crippen molar-refractivity contribution >= 4 is 17.8 Å². The normalized spacial score (nSPS) is 10.2.